The molecule has 1 amide bonds. The zero-order valence-corrected chi connectivity index (χ0v) is 17.2. The van der Waals surface area contributed by atoms with Crippen LogP contribution in [0.5, 0.6) is 0 Å². The molecule has 5 nitrogen and oxygen atoms in total. The molecule has 28 heavy (non-hydrogen) atoms. The molecule has 0 radical (unpaired) electrons. The van der Waals surface area contributed by atoms with Crippen LogP contribution in [0.25, 0.3) is 10.1 Å². The number of fused-ring (bicyclic) bond motifs is 1. The second-order valence-electron chi connectivity index (χ2n) is 7.06. The van der Waals surface area contributed by atoms with Gasteiger partial charge >= 0.3 is 0 Å². The molecule has 0 saturated carbocycles. The molecule has 2 aromatic carbocycles. The van der Waals surface area contributed by atoms with Crippen LogP contribution < -0.4 is 11.1 Å². The van der Waals surface area contributed by atoms with Crippen LogP contribution in [0.2, 0.25) is 0 Å². The van der Waals surface area contributed by atoms with Gasteiger partial charge in [-0.15, -0.1) is 11.3 Å². The van der Waals surface area contributed by atoms with Crippen molar-refractivity contribution >= 4 is 56.2 Å². The SMILES string of the molecule is CN1C(=S)CC(C)(c2cccc(NC(=O)c3cc4ccccc4s3)c2)N=C1N. The molecule has 3 aromatic rings. The topological polar surface area (TPSA) is 70.7 Å². The number of anilines is 1. The third-order valence-electron chi connectivity index (χ3n) is 4.97. The zero-order chi connectivity index (χ0) is 19.9. The van der Waals surface area contributed by atoms with Crippen LogP contribution >= 0.6 is 23.6 Å². The monoisotopic (exact) mass is 408 g/mol. The van der Waals surface area contributed by atoms with Gasteiger partial charge in [-0.1, -0.05) is 42.5 Å². The van der Waals surface area contributed by atoms with E-state index in [-0.39, 0.29) is 5.91 Å². The number of hydrogen-bond acceptors (Lipinski definition) is 5. The third kappa shape index (κ3) is 3.39. The molecule has 4 rings (SSSR count). The number of rotatable bonds is 3. The van der Waals surface area contributed by atoms with Crippen molar-refractivity contribution in [3.8, 4) is 0 Å². The van der Waals surface area contributed by atoms with Gasteiger partial charge in [-0.2, -0.15) is 0 Å². The van der Waals surface area contributed by atoms with Crippen LogP contribution in [0.1, 0.15) is 28.6 Å². The summed E-state index contributed by atoms with van der Waals surface area (Å²) in [5.41, 5.74) is 7.16. The first-order valence-electron chi connectivity index (χ1n) is 8.88. The number of carbonyl (C=O) groups is 1. The Morgan fingerprint density at radius 2 is 2.04 bits per heavy atom. The average Bonchev–Trinajstić information content (AvgIpc) is 3.11. The van der Waals surface area contributed by atoms with Crippen LogP contribution in [-0.2, 0) is 5.54 Å². The number of aliphatic imine (C=N–C) groups is 1. The van der Waals surface area contributed by atoms with E-state index in [9.17, 15) is 4.79 Å². The maximum absolute atomic E-state index is 12.7. The van der Waals surface area contributed by atoms with Gasteiger partial charge in [-0.05, 0) is 42.1 Å². The highest BCUT2D eigenvalue weighted by Gasteiger charge is 2.34. The molecule has 142 valence electrons. The number of nitrogens with one attached hydrogen (secondary N) is 1. The number of nitrogens with two attached hydrogens (primary N) is 1. The highest BCUT2D eigenvalue weighted by atomic mass is 32.1. The molecule has 1 unspecified atom stereocenters. The van der Waals surface area contributed by atoms with Gasteiger partial charge in [0.1, 0.15) is 0 Å². The Hall–Kier alpha value is -2.77. The number of carbonyl (C=O) groups excluding carboxylic acids is 1. The molecule has 1 atom stereocenters. The predicted molar refractivity (Wildman–Crippen MR) is 120 cm³/mol. The van der Waals surface area contributed by atoms with Gasteiger partial charge in [0.05, 0.1) is 15.4 Å². The fraction of sp³-hybridized carbons (Fsp3) is 0.190. The van der Waals surface area contributed by atoms with E-state index in [1.54, 1.807) is 4.90 Å². The molecule has 7 heteroatoms. The quantitative estimate of drug-likeness (QED) is 0.632. The van der Waals surface area contributed by atoms with E-state index >= 15 is 0 Å². The maximum atomic E-state index is 12.7. The molecule has 0 fully saturated rings. The van der Waals surface area contributed by atoms with Crippen molar-refractivity contribution in [3.05, 3.63) is 65.0 Å². The normalized spacial score (nSPS) is 19.6. The molecule has 1 aliphatic rings. The molecule has 2 heterocycles. The summed E-state index contributed by atoms with van der Waals surface area (Å²) in [5.74, 6) is 0.281. The fourth-order valence-corrected chi connectivity index (χ4v) is 4.63. The van der Waals surface area contributed by atoms with E-state index in [2.05, 4.69) is 10.3 Å². The van der Waals surface area contributed by atoms with Gasteiger partial charge in [-0.25, -0.2) is 4.99 Å². The summed E-state index contributed by atoms with van der Waals surface area (Å²) in [6.45, 7) is 2.01. The summed E-state index contributed by atoms with van der Waals surface area (Å²) >= 11 is 6.93. The van der Waals surface area contributed by atoms with Crippen molar-refractivity contribution in [1.29, 1.82) is 0 Å². The number of hydrogen-bond donors (Lipinski definition) is 2. The lowest BCUT2D eigenvalue weighted by molar-refractivity contribution is 0.103. The Labute approximate surface area is 172 Å². The van der Waals surface area contributed by atoms with Crippen molar-refractivity contribution in [2.45, 2.75) is 18.9 Å². The molecule has 0 spiro atoms. The highest BCUT2D eigenvalue weighted by Crippen LogP contribution is 2.34. The number of thiocarbonyl (C=S) groups is 1. The molecule has 0 aliphatic carbocycles. The largest absolute Gasteiger partial charge is 0.369 e. The Kier molecular flexibility index (Phi) is 4.64. The van der Waals surface area contributed by atoms with Crippen molar-refractivity contribution in [2.75, 3.05) is 12.4 Å². The first-order chi connectivity index (χ1) is 13.4. The molecule has 3 N–H and O–H groups in total. The number of amides is 1. The van der Waals surface area contributed by atoms with Crippen molar-refractivity contribution in [2.24, 2.45) is 10.7 Å². The number of guanidine groups is 1. The molecular formula is C21H20N4OS2. The van der Waals surface area contributed by atoms with Gasteiger partial charge < -0.3 is 16.0 Å². The van der Waals surface area contributed by atoms with Crippen molar-refractivity contribution in [1.82, 2.24) is 4.90 Å². The summed E-state index contributed by atoms with van der Waals surface area (Å²) in [5, 5.41) is 4.07. The second kappa shape index (κ2) is 7.00. The van der Waals surface area contributed by atoms with Crippen molar-refractivity contribution < 1.29 is 4.79 Å². The summed E-state index contributed by atoms with van der Waals surface area (Å²) in [7, 11) is 1.82. The van der Waals surface area contributed by atoms with Crippen LogP contribution in [0.4, 0.5) is 5.69 Å². The van der Waals surface area contributed by atoms with Crippen LogP contribution in [0.15, 0.2) is 59.6 Å². The summed E-state index contributed by atoms with van der Waals surface area (Å²) in [6.07, 6.45) is 0.591. The summed E-state index contributed by atoms with van der Waals surface area (Å²) in [4.78, 5) is 20.5. The average molecular weight is 409 g/mol. The van der Waals surface area contributed by atoms with E-state index in [0.717, 1.165) is 26.3 Å². The summed E-state index contributed by atoms with van der Waals surface area (Å²) in [6, 6.07) is 17.6. The predicted octanol–water partition coefficient (Wildman–Crippen LogP) is 4.35. The molecule has 0 bridgehead atoms. The second-order valence-corrected chi connectivity index (χ2v) is 8.61. The number of nitrogens with zero attached hydrogens (tertiary/aromatic N) is 2. The lowest BCUT2D eigenvalue weighted by atomic mass is 9.87. The minimum absolute atomic E-state index is 0.120. The Bertz CT molecular complexity index is 1090. The van der Waals surface area contributed by atoms with Gasteiger partial charge in [0, 0.05) is 23.9 Å². The first kappa shape index (κ1) is 18.6. The Morgan fingerprint density at radius 3 is 2.79 bits per heavy atom. The Morgan fingerprint density at radius 1 is 1.25 bits per heavy atom. The molecular weight excluding hydrogens is 388 g/mol. The van der Waals surface area contributed by atoms with Gasteiger partial charge in [-0.3, -0.25) is 4.79 Å². The molecule has 1 aliphatic heterocycles. The van der Waals surface area contributed by atoms with Crippen LogP contribution in [-0.4, -0.2) is 28.8 Å². The van der Waals surface area contributed by atoms with E-state index in [4.69, 9.17) is 18.0 Å². The lowest BCUT2D eigenvalue weighted by Crippen LogP contribution is -2.46. The lowest BCUT2D eigenvalue weighted by Gasteiger charge is -2.35. The number of benzene rings is 2. The van der Waals surface area contributed by atoms with Gasteiger partial charge in [0.15, 0.2) is 5.96 Å². The Balaban J connectivity index is 1.60. The first-order valence-corrected chi connectivity index (χ1v) is 10.1. The standard InChI is InChI=1S/C21H20N4OS2/c1-21(12-18(27)25(2)20(22)24-21)14-7-5-8-15(11-14)23-19(26)17-10-13-6-3-4-9-16(13)28-17/h3-11H,12H2,1-2H3,(H2,22,24)(H,23,26). The minimum Gasteiger partial charge on any atom is -0.369 e. The fourth-order valence-electron chi connectivity index (χ4n) is 3.29. The van der Waals surface area contributed by atoms with Crippen molar-refractivity contribution in [3.63, 3.8) is 0 Å². The van der Waals surface area contributed by atoms with E-state index in [1.807, 2.05) is 68.6 Å². The van der Waals surface area contributed by atoms with Crippen LogP contribution in [0, 0.1) is 0 Å². The summed E-state index contributed by atoms with van der Waals surface area (Å²) < 4.78 is 1.10. The van der Waals surface area contributed by atoms with E-state index < -0.39 is 5.54 Å². The molecule has 1 aromatic heterocycles. The minimum atomic E-state index is -0.550. The maximum Gasteiger partial charge on any atom is 0.265 e. The smallest absolute Gasteiger partial charge is 0.265 e. The van der Waals surface area contributed by atoms with Gasteiger partial charge in [0.2, 0.25) is 0 Å². The van der Waals surface area contributed by atoms with E-state index in [0.29, 0.717) is 17.3 Å². The highest BCUT2D eigenvalue weighted by molar-refractivity contribution is 7.80. The number of thiophene rings is 1. The zero-order valence-electron chi connectivity index (χ0n) is 15.6. The van der Waals surface area contributed by atoms with Crippen LogP contribution in [0.3, 0.4) is 0 Å². The molecule has 0 saturated heterocycles. The third-order valence-corrected chi connectivity index (χ3v) is 6.50. The van der Waals surface area contributed by atoms with Gasteiger partial charge in [0.25, 0.3) is 5.91 Å². The van der Waals surface area contributed by atoms with E-state index in [1.165, 1.54) is 11.3 Å².